The number of unbranched alkanes of at least 4 members (excludes halogenated alkanes) is 3. The lowest BCUT2D eigenvalue weighted by Gasteiger charge is -2.45. The maximum Gasteiger partial charge on any atom is 0.246 e. The van der Waals surface area contributed by atoms with Crippen LogP contribution >= 0.6 is 0 Å². The summed E-state index contributed by atoms with van der Waals surface area (Å²) < 4.78 is 0. The Hall–Kier alpha value is -1.06. The Morgan fingerprint density at radius 1 is 1.14 bits per heavy atom. The fourth-order valence-corrected chi connectivity index (χ4v) is 3.00. The van der Waals surface area contributed by atoms with Crippen molar-refractivity contribution >= 4 is 11.8 Å². The van der Waals surface area contributed by atoms with Crippen molar-refractivity contribution in [2.24, 2.45) is 11.3 Å². The van der Waals surface area contributed by atoms with E-state index >= 15 is 0 Å². The number of carbonyl (C=O) groups is 2. The highest BCUT2D eigenvalue weighted by atomic mass is 16.2. The highest BCUT2D eigenvalue weighted by Gasteiger charge is 2.46. The molecule has 0 spiro atoms. The molecule has 1 N–H and O–H groups in total. The van der Waals surface area contributed by atoms with Crippen molar-refractivity contribution in [3.8, 4) is 0 Å². The summed E-state index contributed by atoms with van der Waals surface area (Å²) in [6, 6.07) is -0.732. The zero-order chi connectivity index (χ0) is 16.2. The number of nitrogens with zero attached hydrogens (tertiary/aromatic N) is 1. The Kier molecular flexibility index (Phi) is 6.24. The molecule has 2 amide bonds. The Morgan fingerprint density at radius 2 is 1.76 bits per heavy atom. The van der Waals surface area contributed by atoms with Gasteiger partial charge in [-0.05, 0) is 17.8 Å². The van der Waals surface area contributed by atoms with Gasteiger partial charge in [0.25, 0.3) is 0 Å². The van der Waals surface area contributed by atoms with E-state index in [1.807, 2.05) is 39.5 Å². The Balaban J connectivity index is 2.90. The topological polar surface area (TPSA) is 49.4 Å². The minimum Gasteiger partial charge on any atom is -0.342 e. The molecule has 4 nitrogen and oxygen atoms in total. The van der Waals surface area contributed by atoms with E-state index in [0.717, 1.165) is 12.8 Å². The molecule has 0 saturated carbocycles. The smallest absolute Gasteiger partial charge is 0.246 e. The summed E-state index contributed by atoms with van der Waals surface area (Å²) in [5.41, 5.74) is -0.244. The lowest BCUT2D eigenvalue weighted by Crippen LogP contribution is -2.67. The average molecular weight is 296 g/mol. The second kappa shape index (κ2) is 7.28. The van der Waals surface area contributed by atoms with Crippen LogP contribution in [0.2, 0.25) is 0 Å². The van der Waals surface area contributed by atoms with Crippen molar-refractivity contribution in [2.45, 2.75) is 79.3 Å². The van der Waals surface area contributed by atoms with E-state index in [1.54, 1.807) is 0 Å². The molecule has 2 unspecified atom stereocenters. The van der Waals surface area contributed by atoms with Crippen molar-refractivity contribution in [3.63, 3.8) is 0 Å². The van der Waals surface area contributed by atoms with Gasteiger partial charge in [-0.15, -0.1) is 0 Å². The van der Waals surface area contributed by atoms with E-state index < -0.39 is 0 Å². The second-order valence-corrected chi connectivity index (χ2v) is 7.59. The van der Waals surface area contributed by atoms with Crippen LogP contribution in [-0.4, -0.2) is 35.3 Å². The van der Waals surface area contributed by atoms with E-state index in [2.05, 4.69) is 12.2 Å². The van der Waals surface area contributed by atoms with Crippen LogP contribution in [-0.2, 0) is 9.59 Å². The summed E-state index contributed by atoms with van der Waals surface area (Å²) in [5.74, 6) is 0.206. The first-order valence-electron chi connectivity index (χ1n) is 8.31. The minimum atomic E-state index is -0.373. The molecule has 0 bridgehead atoms. The van der Waals surface area contributed by atoms with Crippen LogP contribution in [0.15, 0.2) is 0 Å². The van der Waals surface area contributed by atoms with Gasteiger partial charge >= 0.3 is 0 Å². The van der Waals surface area contributed by atoms with Crippen LogP contribution < -0.4 is 5.32 Å². The molecule has 1 aliphatic rings. The van der Waals surface area contributed by atoms with Crippen LogP contribution in [0, 0.1) is 11.3 Å². The summed E-state index contributed by atoms with van der Waals surface area (Å²) in [6.07, 6.45) is 4.45. The number of hydrogen-bond acceptors (Lipinski definition) is 2. The Morgan fingerprint density at radius 3 is 2.24 bits per heavy atom. The molecular weight excluding hydrogens is 264 g/mol. The van der Waals surface area contributed by atoms with Crippen LogP contribution in [0.4, 0.5) is 0 Å². The lowest BCUT2D eigenvalue weighted by atomic mass is 9.82. The van der Waals surface area contributed by atoms with Crippen molar-refractivity contribution in [1.82, 2.24) is 10.2 Å². The molecule has 2 atom stereocenters. The molecule has 0 radical (unpaired) electrons. The molecule has 4 heteroatoms. The third-order valence-corrected chi connectivity index (χ3v) is 4.15. The van der Waals surface area contributed by atoms with E-state index in [0.29, 0.717) is 6.54 Å². The number of amides is 2. The number of nitrogens with one attached hydrogen (secondary N) is 1. The summed E-state index contributed by atoms with van der Waals surface area (Å²) in [5, 5.41) is 2.92. The molecule has 0 aromatic carbocycles. The van der Waals surface area contributed by atoms with Gasteiger partial charge in [-0.1, -0.05) is 60.8 Å². The minimum absolute atomic E-state index is 0.00343. The third-order valence-electron chi connectivity index (χ3n) is 4.15. The van der Waals surface area contributed by atoms with E-state index in [9.17, 15) is 9.59 Å². The number of carbonyl (C=O) groups excluding carboxylic acids is 2. The van der Waals surface area contributed by atoms with E-state index in [-0.39, 0.29) is 35.2 Å². The average Bonchev–Trinajstić information content (AvgIpc) is 2.35. The molecule has 1 rings (SSSR count). The standard InChI is InChI=1S/C17H32N2O2/c1-7-8-9-10-11-19-14(17(4,5)6)15(20)18-13(12(2)3)16(19)21/h12-14H,7-11H2,1-6H3,(H,18,20). The van der Waals surface area contributed by atoms with E-state index in [4.69, 9.17) is 0 Å². The highest BCUT2D eigenvalue weighted by Crippen LogP contribution is 2.29. The molecule has 1 heterocycles. The fraction of sp³-hybridized carbons (Fsp3) is 0.882. The zero-order valence-corrected chi connectivity index (χ0v) is 14.5. The van der Waals surface area contributed by atoms with Gasteiger partial charge in [0, 0.05) is 6.54 Å². The fourth-order valence-electron chi connectivity index (χ4n) is 3.00. The first-order chi connectivity index (χ1) is 9.70. The summed E-state index contributed by atoms with van der Waals surface area (Å²) >= 11 is 0. The molecule has 21 heavy (non-hydrogen) atoms. The maximum atomic E-state index is 12.7. The summed E-state index contributed by atoms with van der Waals surface area (Å²) in [4.78, 5) is 27.1. The predicted molar refractivity (Wildman–Crippen MR) is 85.9 cm³/mol. The van der Waals surface area contributed by atoms with Crippen LogP contribution in [0.3, 0.4) is 0 Å². The Labute approximate surface area is 129 Å². The third kappa shape index (κ3) is 4.45. The predicted octanol–water partition coefficient (Wildman–Crippen LogP) is 2.96. The normalized spacial score (nSPS) is 23.7. The Bertz CT molecular complexity index is 371. The zero-order valence-electron chi connectivity index (χ0n) is 14.5. The SMILES string of the molecule is CCCCCCN1C(=O)C(C(C)C)NC(=O)C1C(C)(C)C. The van der Waals surface area contributed by atoms with Crippen molar-refractivity contribution in [1.29, 1.82) is 0 Å². The number of rotatable bonds is 6. The van der Waals surface area contributed by atoms with Crippen LogP contribution in [0.25, 0.3) is 0 Å². The van der Waals surface area contributed by atoms with Gasteiger partial charge in [-0.2, -0.15) is 0 Å². The molecule has 0 aliphatic carbocycles. The molecule has 1 aliphatic heterocycles. The molecule has 1 fully saturated rings. The van der Waals surface area contributed by atoms with Gasteiger partial charge in [0.2, 0.25) is 11.8 Å². The maximum absolute atomic E-state index is 12.7. The first-order valence-corrected chi connectivity index (χ1v) is 8.31. The van der Waals surface area contributed by atoms with Gasteiger partial charge in [-0.25, -0.2) is 0 Å². The number of hydrogen-bond donors (Lipinski definition) is 1. The second-order valence-electron chi connectivity index (χ2n) is 7.59. The quantitative estimate of drug-likeness (QED) is 0.766. The highest BCUT2D eigenvalue weighted by molar-refractivity contribution is 5.97. The van der Waals surface area contributed by atoms with Gasteiger partial charge in [0.1, 0.15) is 12.1 Å². The number of piperazine rings is 1. The monoisotopic (exact) mass is 296 g/mol. The van der Waals surface area contributed by atoms with Crippen molar-refractivity contribution in [2.75, 3.05) is 6.54 Å². The molecular formula is C17H32N2O2. The van der Waals surface area contributed by atoms with Gasteiger partial charge in [0.05, 0.1) is 0 Å². The first kappa shape index (κ1) is 18.0. The van der Waals surface area contributed by atoms with Crippen LogP contribution in [0.5, 0.6) is 0 Å². The molecule has 1 saturated heterocycles. The summed E-state index contributed by atoms with van der Waals surface area (Å²) in [6.45, 7) is 12.9. The van der Waals surface area contributed by atoms with Gasteiger partial charge in [-0.3, -0.25) is 9.59 Å². The largest absolute Gasteiger partial charge is 0.342 e. The van der Waals surface area contributed by atoms with Crippen LogP contribution in [0.1, 0.15) is 67.2 Å². The van der Waals surface area contributed by atoms with Crippen molar-refractivity contribution < 1.29 is 9.59 Å². The summed E-state index contributed by atoms with van der Waals surface area (Å²) in [7, 11) is 0. The van der Waals surface area contributed by atoms with Crippen molar-refractivity contribution in [3.05, 3.63) is 0 Å². The van der Waals surface area contributed by atoms with Gasteiger partial charge in [0.15, 0.2) is 0 Å². The van der Waals surface area contributed by atoms with E-state index in [1.165, 1.54) is 12.8 Å². The molecule has 0 aromatic rings. The lowest BCUT2D eigenvalue weighted by molar-refractivity contribution is -0.155. The molecule has 122 valence electrons. The molecule has 0 aromatic heterocycles. The van der Waals surface area contributed by atoms with Gasteiger partial charge < -0.3 is 10.2 Å².